The third-order valence-electron chi connectivity index (χ3n) is 14.2. The summed E-state index contributed by atoms with van der Waals surface area (Å²) in [6, 6.07) is -2.58. The molecule has 11 atom stereocenters. The van der Waals surface area contributed by atoms with Crippen molar-refractivity contribution in [3.8, 4) is 0 Å². The molecule has 0 aromatic rings. The summed E-state index contributed by atoms with van der Waals surface area (Å²) >= 11 is 0. The van der Waals surface area contributed by atoms with Crippen LogP contribution in [0.3, 0.4) is 0 Å². The number of esters is 1. The van der Waals surface area contributed by atoms with Crippen molar-refractivity contribution >= 4 is 25.6 Å². The number of aliphatic hydroxyl groups excluding tert-OH is 5. The van der Waals surface area contributed by atoms with Crippen LogP contribution < -0.4 is 10.6 Å². The molecule has 73 heavy (non-hydrogen) atoms. The van der Waals surface area contributed by atoms with Gasteiger partial charge in [-0.3, -0.25) is 18.9 Å². The first-order chi connectivity index (χ1) is 35.1. The molecule has 0 aliphatic carbocycles. The van der Waals surface area contributed by atoms with E-state index in [0.717, 1.165) is 70.6 Å². The molecule has 2 amide bonds. The highest BCUT2D eigenvalue weighted by atomic mass is 31.2. The lowest BCUT2D eigenvalue weighted by Crippen LogP contribution is -2.65. The summed E-state index contributed by atoms with van der Waals surface area (Å²) in [6.07, 6.45) is 20.0. The van der Waals surface area contributed by atoms with Gasteiger partial charge in [-0.15, -0.1) is 0 Å². The monoisotopic (exact) mass is 1070 g/mol. The normalized spacial score (nSPS) is 24.3. The first-order valence-electron chi connectivity index (χ1n) is 28.9. The molecule has 2 heterocycles. The minimum Gasteiger partial charge on any atom is -0.462 e. The Hall–Kier alpha value is -1.80. The maximum absolute atomic E-state index is 13.9. The van der Waals surface area contributed by atoms with Gasteiger partial charge in [0.25, 0.3) is 0 Å². The number of phosphoric acid groups is 1. The van der Waals surface area contributed by atoms with E-state index in [9.17, 15) is 54.3 Å². The van der Waals surface area contributed by atoms with Crippen LogP contribution >= 0.6 is 7.82 Å². The first kappa shape index (κ1) is 67.3. The maximum atomic E-state index is 13.9. The molecule has 2 rings (SSSR count). The molecular weight excluding hydrogens is 964 g/mol. The highest BCUT2D eigenvalue weighted by Gasteiger charge is 2.50. The molecule has 0 bridgehead atoms. The maximum Gasteiger partial charge on any atom is 0.470 e. The number of carbonyl (C=O) groups is 3. The Bertz CT molecular complexity index is 1460. The van der Waals surface area contributed by atoms with E-state index in [1.165, 1.54) is 103 Å². The van der Waals surface area contributed by atoms with Gasteiger partial charge in [0.15, 0.2) is 12.6 Å². The van der Waals surface area contributed by atoms with E-state index in [1.54, 1.807) is 0 Å². The van der Waals surface area contributed by atoms with E-state index in [2.05, 4.69) is 31.4 Å². The lowest BCUT2D eigenvalue weighted by atomic mass is 9.96. The van der Waals surface area contributed by atoms with Gasteiger partial charge in [0.05, 0.1) is 44.3 Å². The molecule has 430 valence electrons. The lowest BCUT2D eigenvalue weighted by molar-refractivity contribution is -0.287. The summed E-state index contributed by atoms with van der Waals surface area (Å²) < 4.78 is 40.1. The summed E-state index contributed by atoms with van der Waals surface area (Å²) in [5.74, 6) is -1.62. The molecule has 0 aromatic carbocycles. The number of rotatable bonds is 45. The zero-order chi connectivity index (χ0) is 53.7. The number of ether oxygens (including phenoxy) is 4. The second-order valence-electron chi connectivity index (χ2n) is 20.9. The minimum absolute atomic E-state index is 0.153. The molecular formula is C54H103N2O16P. The topological polar surface area (TPSA) is 280 Å². The number of aliphatic hydroxyl groups is 5. The quantitative estimate of drug-likeness (QED) is 0.0157. The molecule has 0 aromatic heterocycles. The Morgan fingerprint density at radius 3 is 1.58 bits per heavy atom. The minimum atomic E-state index is -5.27. The number of phosphoric ester groups is 1. The van der Waals surface area contributed by atoms with E-state index in [0.29, 0.717) is 25.7 Å². The zero-order valence-corrected chi connectivity index (χ0v) is 46.2. The molecule has 0 saturated carbocycles. The van der Waals surface area contributed by atoms with Crippen LogP contribution in [0.25, 0.3) is 0 Å². The molecule has 2 saturated heterocycles. The van der Waals surface area contributed by atoms with Gasteiger partial charge in [-0.25, -0.2) is 4.57 Å². The number of amides is 2. The van der Waals surface area contributed by atoms with E-state index in [4.69, 9.17) is 23.5 Å². The van der Waals surface area contributed by atoms with Gasteiger partial charge < -0.3 is 64.9 Å². The zero-order valence-electron chi connectivity index (χ0n) is 45.3. The van der Waals surface area contributed by atoms with Crippen molar-refractivity contribution < 1.29 is 77.7 Å². The van der Waals surface area contributed by atoms with Crippen LogP contribution in [-0.4, -0.2) is 134 Å². The van der Waals surface area contributed by atoms with E-state index >= 15 is 0 Å². The number of hydrogen-bond acceptors (Lipinski definition) is 14. The summed E-state index contributed by atoms with van der Waals surface area (Å²) in [7, 11) is -5.27. The van der Waals surface area contributed by atoms with Crippen molar-refractivity contribution in [1.82, 2.24) is 10.6 Å². The van der Waals surface area contributed by atoms with Gasteiger partial charge in [-0.2, -0.15) is 0 Å². The summed E-state index contributed by atoms with van der Waals surface area (Å²) in [5.41, 5.74) is 0. The lowest BCUT2D eigenvalue weighted by Gasteiger charge is -2.44. The molecule has 0 radical (unpaired) electrons. The van der Waals surface area contributed by atoms with Crippen LogP contribution in [-0.2, 0) is 42.4 Å². The molecule has 9 N–H and O–H groups in total. The smallest absolute Gasteiger partial charge is 0.462 e. The second kappa shape index (κ2) is 41.3. The highest BCUT2D eigenvalue weighted by molar-refractivity contribution is 7.46. The third-order valence-corrected chi connectivity index (χ3v) is 14.7. The van der Waals surface area contributed by atoms with Gasteiger partial charge in [0.1, 0.15) is 36.6 Å². The predicted molar refractivity (Wildman–Crippen MR) is 280 cm³/mol. The fourth-order valence-corrected chi connectivity index (χ4v) is 10.4. The van der Waals surface area contributed by atoms with Crippen molar-refractivity contribution in [2.24, 2.45) is 0 Å². The summed E-state index contributed by atoms with van der Waals surface area (Å²) in [4.78, 5) is 59.2. The summed E-state index contributed by atoms with van der Waals surface area (Å²) in [6.45, 7) is 5.21. The largest absolute Gasteiger partial charge is 0.470 e. The molecule has 2 aliphatic rings. The first-order valence-corrected chi connectivity index (χ1v) is 30.4. The van der Waals surface area contributed by atoms with Gasteiger partial charge in [0.2, 0.25) is 11.8 Å². The van der Waals surface area contributed by atoms with Crippen LogP contribution in [0, 0.1) is 0 Å². The van der Waals surface area contributed by atoms with Gasteiger partial charge in [-0.05, 0) is 25.7 Å². The van der Waals surface area contributed by atoms with Gasteiger partial charge >= 0.3 is 13.8 Å². The van der Waals surface area contributed by atoms with Gasteiger partial charge in [0, 0.05) is 12.8 Å². The van der Waals surface area contributed by atoms with Crippen LogP contribution in [0.2, 0.25) is 0 Å². The average Bonchev–Trinajstić information content (AvgIpc) is 3.33. The molecule has 0 spiro atoms. The number of unbranched alkanes of at least 4 members (excludes halogenated alkanes) is 26. The Morgan fingerprint density at radius 2 is 1.08 bits per heavy atom. The average molecular weight is 1070 g/mol. The van der Waals surface area contributed by atoms with Crippen molar-refractivity contribution in [1.29, 1.82) is 0 Å². The van der Waals surface area contributed by atoms with Crippen molar-refractivity contribution in [3.63, 3.8) is 0 Å². The van der Waals surface area contributed by atoms with Crippen molar-refractivity contribution in [2.75, 3.05) is 13.2 Å². The van der Waals surface area contributed by atoms with Crippen LogP contribution in [0.1, 0.15) is 245 Å². The third kappa shape index (κ3) is 31.9. The highest BCUT2D eigenvalue weighted by Crippen LogP contribution is 2.41. The van der Waals surface area contributed by atoms with Crippen molar-refractivity contribution in [3.05, 3.63) is 0 Å². The number of hydrogen-bond donors (Lipinski definition) is 9. The number of carbonyl (C=O) groups excluding carboxylic acids is 3. The molecule has 18 nitrogen and oxygen atoms in total. The SMILES string of the molecule is CCCCCCCCCCCCCC(=O)O[C@H](CCCCCCCCCCC)CC(=O)NC1[C@H](OCC2O[C@H](O)C(NC(=O)C[C@H](O)CCCCCCCCCCC)C[C@@H]2O)OC(CO)[C@@H](OP(=O)(O)O)[C@@H]1O. The Kier molecular flexibility index (Phi) is 38.1. The fourth-order valence-electron chi connectivity index (χ4n) is 9.80. The van der Waals surface area contributed by atoms with E-state index < -0.39 is 106 Å². The molecule has 2 fully saturated rings. The van der Waals surface area contributed by atoms with E-state index in [-0.39, 0.29) is 25.7 Å². The van der Waals surface area contributed by atoms with Gasteiger partial charge in [-0.1, -0.05) is 194 Å². The van der Waals surface area contributed by atoms with Crippen LogP contribution in [0.4, 0.5) is 0 Å². The summed E-state index contributed by atoms with van der Waals surface area (Å²) in [5, 5.41) is 59.4. The van der Waals surface area contributed by atoms with E-state index in [1.807, 2.05) is 0 Å². The Labute approximate surface area is 438 Å². The number of nitrogens with one attached hydrogen (secondary N) is 2. The Morgan fingerprint density at radius 1 is 0.616 bits per heavy atom. The van der Waals surface area contributed by atoms with Crippen LogP contribution in [0.5, 0.6) is 0 Å². The molecule has 2 aliphatic heterocycles. The predicted octanol–water partition coefficient (Wildman–Crippen LogP) is 8.59. The standard InChI is InChI=1S/C54H103N2O16P/c1-4-7-10-13-16-19-20-23-26-29-32-35-49(62)69-42(34-31-28-25-22-18-15-12-9-6-3)37-48(61)56-50-51(63)52(72-73(65,66)67)45(39-57)71-54(50)68-40-46-44(59)38-43(53(64)70-46)55-47(60)36-41(58)33-30-27-24-21-17-14-11-8-5-2/h41-46,50-54,57-59,63-64H,4-40H2,1-3H3,(H,55,60)(H,56,61)(H2,65,66,67)/t41-,42-,43?,44+,45?,46?,50?,51-,52-,53+,54-/m1/s1. The molecule has 4 unspecified atom stereocenters. The van der Waals surface area contributed by atoms with Crippen molar-refractivity contribution in [2.45, 2.75) is 313 Å². The molecule has 19 heteroatoms. The Balaban J connectivity index is 2.03. The fraction of sp³-hybridized carbons (Fsp3) is 0.944. The van der Waals surface area contributed by atoms with Crippen LogP contribution in [0.15, 0.2) is 0 Å². The second-order valence-corrected chi connectivity index (χ2v) is 22.1.